The second kappa shape index (κ2) is 7.48. The molecule has 134 valence electrons. The molecule has 2 N–H and O–H groups in total. The first-order valence-electron chi connectivity index (χ1n) is 8.70. The van der Waals surface area contributed by atoms with Gasteiger partial charge in [0.05, 0.1) is 6.26 Å². The predicted octanol–water partition coefficient (Wildman–Crippen LogP) is 5.49. The summed E-state index contributed by atoms with van der Waals surface area (Å²) < 4.78 is 5.54. The quantitative estimate of drug-likeness (QED) is 0.655. The standard InChI is InChI=1S/C22H24N2O2/c1-22(2,3)17-12-7-8-13-18(17)23-21(25)24-20(19-14-9-15-26-19)16-10-5-4-6-11-16/h4-15,20H,1-3H3,(H2,23,24,25). The maximum absolute atomic E-state index is 12.7. The number of carbonyl (C=O) groups excluding carboxylic acids is 1. The molecule has 1 atom stereocenters. The molecule has 0 aliphatic heterocycles. The van der Waals surface area contributed by atoms with Crippen molar-refractivity contribution in [3.05, 3.63) is 89.9 Å². The van der Waals surface area contributed by atoms with Crippen LogP contribution >= 0.6 is 0 Å². The van der Waals surface area contributed by atoms with Gasteiger partial charge in [0.15, 0.2) is 0 Å². The van der Waals surface area contributed by atoms with E-state index in [9.17, 15) is 4.79 Å². The van der Waals surface area contributed by atoms with Crippen molar-refractivity contribution in [3.8, 4) is 0 Å². The minimum atomic E-state index is -0.354. The summed E-state index contributed by atoms with van der Waals surface area (Å²) >= 11 is 0. The van der Waals surface area contributed by atoms with Crippen LogP contribution in [0, 0.1) is 0 Å². The van der Waals surface area contributed by atoms with E-state index in [0.717, 1.165) is 16.8 Å². The van der Waals surface area contributed by atoms with Crippen molar-refractivity contribution in [1.29, 1.82) is 0 Å². The number of hydrogen-bond acceptors (Lipinski definition) is 2. The number of nitrogens with one attached hydrogen (secondary N) is 2. The molecule has 4 heteroatoms. The van der Waals surface area contributed by atoms with E-state index in [1.807, 2.05) is 66.7 Å². The third-order valence-corrected chi connectivity index (χ3v) is 4.22. The molecular formula is C22H24N2O2. The molecule has 0 radical (unpaired) electrons. The molecule has 3 rings (SSSR count). The molecular weight excluding hydrogens is 324 g/mol. The molecule has 4 nitrogen and oxygen atoms in total. The number of benzene rings is 2. The van der Waals surface area contributed by atoms with Crippen LogP contribution in [0.1, 0.15) is 43.7 Å². The lowest BCUT2D eigenvalue weighted by Gasteiger charge is -2.24. The number of para-hydroxylation sites is 1. The van der Waals surface area contributed by atoms with E-state index in [4.69, 9.17) is 4.42 Å². The van der Waals surface area contributed by atoms with Gasteiger partial charge < -0.3 is 15.1 Å². The summed E-state index contributed by atoms with van der Waals surface area (Å²) in [6.07, 6.45) is 1.61. The van der Waals surface area contributed by atoms with Crippen LogP contribution in [0.4, 0.5) is 10.5 Å². The Kier molecular flexibility index (Phi) is 5.12. The van der Waals surface area contributed by atoms with Crippen molar-refractivity contribution >= 4 is 11.7 Å². The Hall–Kier alpha value is -3.01. The number of anilines is 1. The first-order chi connectivity index (χ1) is 12.4. The summed E-state index contributed by atoms with van der Waals surface area (Å²) in [6.45, 7) is 6.38. The zero-order valence-electron chi connectivity index (χ0n) is 15.3. The van der Waals surface area contributed by atoms with Crippen LogP contribution in [0.5, 0.6) is 0 Å². The molecule has 1 aromatic heterocycles. The highest BCUT2D eigenvalue weighted by Crippen LogP contribution is 2.29. The van der Waals surface area contributed by atoms with Gasteiger partial charge in [0, 0.05) is 5.69 Å². The summed E-state index contributed by atoms with van der Waals surface area (Å²) in [6, 6.07) is 20.7. The Morgan fingerprint density at radius 3 is 2.27 bits per heavy atom. The van der Waals surface area contributed by atoms with Crippen LogP contribution in [0.3, 0.4) is 0 Å². The van der Waals surface area contributed by atoms with Gasteiger partial charge in [-0.3, -0.25) is 0 Å². The van der Waals surface area contributed by atoms with E-state index in [1.54, 1.807) is 6.26 Å². The van der Waals surface area contributed by atoms with Gasteiger partial charge in [-0.15, -0.1) is 0 Å². The average Bonchev–Trinajstić information content (AvgIpc) is 3.14. The molecule has 2 amide bonds. The fourth-order valence-corrected chi connectivity index (χ4v) is 2.96. The number of furan rings is 1. The molecule has 3 aromatic rings. The van der Waals surface area contributed by atoms with Gasteiger partial charge >= 0.3 is 6.03 Å². The highest BCUT2D eigenvalue weighted by atomic mass is 16.3. The second-order valence-electron chi connectivity index (χ2n) is 7.25. The Labute approximate surface area is 154 Å². The third-order valence-electron chi connectivity index (χ3n) is 4.22. The van der Waals surface area contributed by atoms with Gasteiger partial charge in [-0.2, -0.15) is 0 Å². The van der Waals surface area contributed by atoms with Crippen LogP contribution in [-0.2, 0) is 5.41 Å². The van der Waals surface area contributed by atoms with E-state index in [-0.39, 0.29) is 17.5 Å². The van der Waals surface area contributed by atoms with Gasteiger partial charge in [-0.05, 0) is 34.7 Å². The maximum Gasteiger partial charge on any atom is 0.320 e. The maximum atomic E-state index is 12.7. The highest BCUT2D eigenvalue weighted by molar-refractivity contribution is 5.90. The summed E-state index contributed by atoms with van der Waals surface area (Å²) in [7, 11) is 0. The molecule has 0 bridgehead atoms. The molecule has 0 saturated carbocycles. The van der Waals surface area contributed by atoms with Gasteiger partial charge in [-0.25, -0.2) is 4.79 Å². The van der Waals surface area contributed by atoms with E-state index in [0.29, 0.717) is 5.76 Å². The lowest BCUT2D eigenvalue weighted by atomic mass is 9.86. The molecule has 2 aromatic carbocycles. The Morgan fingerprint density at radius 1 is 0.923 bits per heavy atom. The molecule has 0 fully saturated rings. The van der Waals surface area contributed by atoms with E-state index in [1.165, 1.54) is 0 Å². The van der Waals surface area contributed by atoms with Crippen molar-refractivity contribution in [2.45, 2.75) is 32.2 Å². The van der Waals surface area contributed by atoms with Gasteiger partial charge in [0.25, 0.3) is 0 Å². The topological polar surface area (TPSA) is 54.3 Å². The highest BCUT2D eigenvalue weighted by Gasteiger charge is 2.22. The largest absolute Gasteiger partial charge is 0.467 e. The number of rotatable bonds is 4. The van der Waals surface area contributed by atoms with Crippen molar-refractivity contribution in [1.82, 2.24) is 5.32 Å². The molecule has 0 aliphatic rings. The predicted molar refractivity (Wildman–Crippen MR) is 104 cm³/mol. The monoisotopic (exact) mass is 348 g/mol. The summed E-state index contributed by atoms with van der Waals surface area (Å²) in [5.74, 6) is 0.690. The minimum absolute atomic E-state index is 0.0658. The van der Waals surface area contributed by atoms with E-state index in [2.05, 4.69) is 31.4 Å². The zero-order valence-corrected chi connectivity index (χ0v) is 15.3. The minimum Gasteiger partial charge on any atom is -0.467 e. The van der Waals surface area contributed by atoms with Crippen molar-refractivity contribution in [3.63, 3.8) is 0 Å². The van der Waals surface area contributed by atoms with Crippen LogP contribution in [0.2, 0.25) is 0 Å². The van der Waals surface area contributed by atoms with Crippen LogP contribution in [-0.4, -0.2) is 6.03 Å². The van der Waals surface area contributed by atoms with Crippen LogP contribution in [0.15, 0.2) is 77.4 Å². The van der Waals surface area contributed by atoms with Gasteiger partial charge in [0.1, 0.15) is 11.8 Å². The normalized spacial score (nSPS) is 12.4. The smallest absolute Gasteiger partial charge is 0.320 e. The Morgan fingerprint density at radius 2 is 1.62 bits per heavy atom. The SMILES string of the molecule is CC(C)(C)c1ccccc1NC(=O)NC(c1ccccc1)c1ccco1. The molecule has 0 spiro atoms. The first-order valence-corrected chi connectivity index (χ1v) is 8.70. The van der Waals surface area contributed by atoms with Gasteiger partial charge in [0.2, 0.25) is 0 Å². The summed E-state index contributed by atoms with van der Waals surface area (Å²) in [4.78, 5) is 12.7. The number of hydrogen-bond donors (Lipinski definition) is 2. The summed E-state index contributed by atoms with van der Waals surface area (Å²) in [5, 5.41) is 6.01. The third kappa shape index (κ3) is 4.14. The van der Waals surface area contributed by atoms with Gasteiger partial charge in [-0.1, -0.05) is 69.3 Å². The molecule has 26 heavy (non-hydrogen) atoms. The first kappa shape index (κ1) is 17.8. The zero-order chi connectivity index (χ0) is 18.6. The number of urea groups is 1. The number of carbonyl (C=O) groups is 1. The second-order valence-corrected chi connectivity index (χ2v) is 7.25. The Bertz CT molecular complexity index is 849. The van der Waals surface area contributed by atoms with Crippen molar-refractivity contribution in [2.24, 2.45) is 0 Å². The van der Waals surface area contributed by atoms with Crippen LogP contribution in [0.25, 0.3) is 0 Å². The lowest BCUT2D eigenvalue weighted by Crippen LogP contribution is -2.33. The van der Waals surface area contributed by atoms with Crippen molar-refractivity contribution in [2.75, 3.05) is 5.32 Å². The molecule has 0 saturated heterocycles. The average molecular weight is 348 g/mol. The Balaban J connectivity index is 1.82. The fraction of sp³-hybridized carbons (Fsp3) is 0.227. The fourth-order valence-electron chi connectivity index (χ4n) is 2.96. The van der Waals surface area contributed by atoms with Crippen molar-refractivity contribution < 1.29 is 9.21 Å². The molecule has 1 unspecified atom stereocenters. The summed E-state index contributed by atoms with van der Waals surface area (Å²) in [5.41, 5.74) is 2.79. The number of amides is 2. The lowest BCUT2D eigenvalue weighted by molar-refractivity contribution is 0.248. The van der Waals surface area contributed by atoms with Crippen LogP contribution < -0.4 is 10.6 Å². The van der Waals surface area contributed by atoms with E-state index >= 15 is 0 Å². The van der Waals surface area contributed by atoms with E-state index < -0.39 is 0 Å². The molecule has 1 heterocycles. The molecule has 0 aliphatic carbocycles.